The Hall–Kier alpha value is -3.29. The number of hydrogen-bond acceptors (Lipinski definition) is 4. The van der Waals surface area contributed by atoms with Crippen molar-refractivity contribution in [1.29, 1.82) is 0 Å². The van der Waals surface area contributed by atoms with Gasteiger partial charge in [-0.25, -0.2) is 8.78 Å². The molecule has 0 aliphatic carbocycles. The second kappa shape index (κ2) is 11.2. The van der Waals surface area contributed by atoms with Crippen LogP contribution < -0.4 is 10.6 Å². The van der Waals surface area contributed by atoms with Gasteiger partial charge in [0, 0.05) is 18.3 Å². The maximum atomic E-state index is 13.6. The predicted molar refractivity (Wildman–Crippen MR) is 113 cm³/mol. The average molecular weight is 432 g/mol. The summed E-state index contributed by atoms with van der Waals surface area (Å²) in [5, 5.41) is 5.14. The number of anilines is 1. The van der Waals surface area contributed by atoms with Gasteiger partial charge in [-0.05, 0) is 43.0 Å². The summed E-state index contributed by atoms with van der Waals surface area (Å²) in [5.74, 6) is -3.49. The van der Waals surface area contributed by atoms with Gasteiger partial charge in [-0.1, -0.05) is 32.0 Å². The Kier molecular flexibility index (Phi) is 8.66. The first kappa shape index (κ1) is 24.0. The predicted octanol–water partition coefficient (Wildman–Crippen LogP) is 4.17. The molecular weight excluding hydrogens is 406 g/mol. The summed E-state index contributed by atoms with van der Waals surface area (Å²) in [6.45, 7) is 5.43. The number of para-hydroxylation sites is 1. The normalized spacial score (nSPS) is 12.5. The van der Waals surface area contributed by atoms with Gasteiger partial charge in [0.2, 0.25) is 0 Å². The van der Waals surface area contributed by atoms with Gasteiger partial charge in [-0.2, -0.15) is 0 Å². The lowest BCUT2D eigenvalue weighted by atomic mass is 9.97. The van der Waals surface area contributed by atoms with Crippen molar-refractivity contribution in [2.45, 2.75) is 45.6 Å². The fourth-order valence-electron chi connectivity index (χ4n) is 2.85. The topological polar surface area (TPSA) is 84.5 Å². The van der Waals surface area contributed by atoms with E-state index in [0.29, 0.717) is 11.8 Å². The summed E-state index contributed by atoms with van der Waals surface area (Å²) < 4.78 is 31.6. The molecule has 0 saturated carbocycles. The first-order valence-corrected chi connectivity index (χ1v) is 10.1. The molecule has 0 heterocycles. The minimum absolute atomic E-state index is 0.125. The fourth-order valence-corrected chi connectivity index (χ4v) is 2.85. The molecule has 2 aromatic rings. The quantitative estimate of drug-likeness (QED) is 0.583. The summed E-state index contributed by atoms with van der Waals surface area (Å²) in [6.07, 6.45) is -0.344. The third-order valence-corrected chi connectivity index (χ3v) is 4.83. The Bertz CT molecular complexity index is 949. The molecule has 0 fully saturated rings. The lowest BCUT2D eigenvalue weighted by molar-refractivity contribution is -0.153. The van der Waals surface area contributed by atoms with E-state index < -0.39 is 35.5 Å². The third kappa shape index (κ3) is 6.87. The second-order valence-corrected chi connectivity index (χ2v) is 7.15. The number of benzene rings is 2. The highest BCUT2D eigenvalue weighted by Gasteiger charge is 2.20. The molecule has 0 aliphatic rings. The monoisotopic (exact) mass is 432 g/mol. The number of halogens is 2. The van der Waals surface area contributed by atoms with Crippen molar-refractivity contribution in [2.24, 2.45) is 0 Å². The van der Waals surface area contributed by atoms with Crippen LogP contribution in [0.15, 0.2) is 42.5 Å². The first-order valence-electron chi connectivity index (χ1n) is 10.1. The largest absolute Gasteiger partial charge is 0.452 e. The number of hydrogen-bond donors (Lipinski definition) is 2. The summed E-state index contributed by atoms with van der Waals surface area (Å²) in [4.78, 5) is 36.3. The standard InChI is InChI=1S/C23H26F2N2O4/c1-4-14(2)17-7-5-6-8-20(17)27-22(29)15(3)31-21(28)11-12-26-23(30)18-10-9-16(24)13-19(18)25/h5-10,13-15H,4,11-12H2,1-3H3,(H,26,30)(H,27,29). The Balaban J connectivity index is 1.83. The maximum Gasteiger partial charge on any atom is 0.308 e. The summed E-state index contributed by atoms with van der Waals surface area (Å²) in [6, 6.07) is 10.0. The van der Waals surface area contributed by atoms with Crippen LogP contribution in [-0.4, -0.2) is 30.4 Å². The van der Waals surface area contributed by atoms with Gasteiger partial charge >= 0.3 is 5.97 Å². The zero-order chi connectivity index (χ0) is 23.0. The molecule has 0 aliphatic heterocycles. The van der Waals surface area contributed by atoms with Crippen LogP contribution in [0.4, 0.5) is 14.5 Å². The lowest BCUT2D eigenvalue weighted by Crippen LogP contribution is -2.32. The molecule has 0 saturated heterocycles. The van der Waals surface area contributed by atoms with Crippen LogP contribution in [0.25, 0.3) is 0 Å². The summed E-state index contributed by atoms with van der Waals surface area (Å²) in [7, 11) is 0. The van der Waals surface area contributed by atoms with Crippen LogP contribution in [0.3, 0.4) is 0 Å². The van der Waals surface area contributed by atoms with Crippen molar-refractivity contribution in [3.8, 4) is 0 Å². The molecule has 31 heavy (non-hydrogen) atoms. The first-order chi connectivity index (χ1) is 14.7. The summed E-state index contributed by atoms with van der Waals surface area (Å²) in [5.41, 5.74) is 1.33. The van der Waals surface area contributed by atoms with E-state index >= 15 is 0 Å². The molecule has 2 atom stereocenters. The van der Waals surface area contributed by atoms with E-state index in [4.69, 9.17) is 4.74 Å². The van der Waals surface area contributed by atoms with E-state index in [2.05, 4.69) is 24.5 Å². The second-order valence-electron chi connectivity index (χ2n) is 7.15. The van der Waals surface area contributed by atoms with Crippen molar-refractivity contribution >= 4 is 23.5 Å². The molecular formula is C23H26F2N2O4. The number of rotatable bonds is 9. The minimum Gasteiger partial charge on any atom is -0.452 e. The minimum atomic E-state index is -1.04. The number of carbonyl (C=O) groups is 3. The average Bonchev–Trinajstić information content (AvgIpc) is 2.73. The van der Waals surface area contributed by atoms with Crippen LogP contribution in [0.5, 0.6) is 0 Å². The number of ether oxygens (including phenoxy) is 1. The van der Waals surface area contributed by atoms with Gasteiger partial charge in [0.25, 0.3) is 11.8 Å². The number of carbonyl (C=O) groups excluding carboxylic acids is 3. The number of amides is 2. The molecule has 6 nitrogen and oxygen atoms in total. The molecule has 0 aromatic heterocycles. The van der Waals surface area contributed by atoms with Gasteiger partial charge in [0.15, 0.2) is 6.10 Å². The van der Waals surface area contributed by atoms with E-state index in [0.717, 1.165) is 24.1 Å². The molecule has 0 radical (unpaired) electrons. The van der Waals surface area contributed by atoms with Gasteiger partial charge in [-0.15, -0.1) is 0 Å². The van der Waals surface area contributed by atoms with E-state index in [9.17, 15) is 23.2 Å². The van der Waals surface area contributed by atoms with Gasteiger partial charge < -0.3 is 15.4 Å². The van der Waals surface area contributed by atoms with Crippen molar-refractivity contribution in [3.05, 3.63) is 65.2 Å². The molecule has 2 rings (SSSR count). The maximum absolute atomic E-state index is 13.6. The third-order valence-electron chi connectivity index (χ3n) is 4.83. The van der Waals surface area contributed by atoms with Gasteiger partial charge in [0.1, 0.15) is 11.6 Å². The highest BCUT2D eigenvalue weighted by molar-refractivity contribution is 5.96. The molecule has 2 amide bonds. The highest BCUT2D eigenvalue weighted by atomic mass is 19.1. The van der Waals surface area contributed by atoms with E-state index in [1.807, 2.05) is 18.2 Å². The van der Waals surface area contributed by atoms with Crippen LogP contribution in [0.2, 0.25) is 0 Å². The Morgan fingerprint density at radius 2 is 1.77 bits per heavy atom. The zero-order valence-corrected chi connectivity index (χ0v) is 17.7. The Morgan fingerprint density at radius 3 is 2.45 bits per heavy atom. The molecule has 2 unspecified atom stereocenters. The van der Waals surface area contributed by atoms with Gasteiger partial charge in [0.05, 0.1) is 12.0 Å². The van der Waals surface area contributed by atoms with Crippen molar-refractivity contribution < 1.29 is 27.9 Å². The van der Waals surface area contributed by atoms with Crippen LogP contribution in [0, 0.1) is 11.6 Å². The lowest BCUT2D eigenvalue weighted by Gasteiger charge is -2.18. The van der Waals surface area contributed by atoms with Crippen molar-refractivity contribution in [2.75, 3.05) is 11.9 Å². The van der Waals surface area contributed by atoms with E-state index in [-0.39, 0.29) is 24.4 Å². The molecule has 8 heteroatoms. The summed E-state index contributed by atoms with van der Waals surface area (Å²) >= 11 is 0. The van der Waals surface area contributed by atoms with E-state index in [1.54, 1.807) is 6.07 Å². The molecule has 0 spiro atoms. The van der Waals surface area contributed by atoms with E-state index in [1.165, 1.54) is 6.92 Å². The highest BCUT2D eigenvalue weighted by Crippen LogP contribution is 2.26. The van der Waals surface area contributed by atoms with Gasteiger partial charge in [-0.3, -0.25) is 14.4 Å². The number of esters is 1. The zero-order valence-electron chi connectivity index (χ0n) is 17.7. The Labute approximate surface area is 180 Å². The van der Waals surface area contributed by atoms with Crippen LogP contribution in [-0.2, 0) is 14.3 Å². The molecule has 0 bridgehead atoms. The molecule has 2 N–H and O–H groups in total. The van der Waals surface area contributed by atoms with Crippen molar-refractivity contribution in [3.63, 3.8) is 0 Å². The smallest absolute Gasteiger partial charge is 0.308 e. The SMILES string of the molecule is CCC(C)c1ccccc1NC(=O)C(C)OC(=O)CCNC(=O)c1ccc(F)cc1F. The molecule has 2 aromatic carbocycles. The molecule has 166 valence electrons. The van der Waals surface area contributed by atoms with Crippen LogP contribution in [0.1, 0.15) is 55.5 Å². The number of nitrogens with one attached hydrogen (secondary N) is 2. The van der Waals surface area contributed by atoms with Crippen molar-refractivity contribution in [1.82, 2.24) is 5.32 Å². The van der Waals surface area contributed by atoms with Crippen LogP contribution >= 0.6 is 0 Å². The fraction of sp³-hybridized carbons (Fsp3) is 0.348. The Morgan fingerprint density at radius 1 is 1.06 bits per heavy atom.